The lowest BCUT2D eigenvalue weighted by Gasteiger charge is -2.13. The fourth-order valence-corrected chi connectivity index (χ4v) is 3.59. The zero-order valence-corrected chi connectivity index (χ0v) is 16.9. The van der Waals surface area contributed by atoms with Gasteiger partial charge in [-0.05, 0) is 48.9 Å². The molecule has 0 unspecified atom stereocenters. The molecule has 2 heterocycles. The van der Waals surface area contributed by atoms with Crippen molar-refractivity contribution in [2.24, 2.45) is 4.99 Å². The summed E-state index contributed by atoms with van der Waals surface area (Å²) in [5.41, 5.74) is 1.70. The first kappa shape index (κ1) is 18.5. The van der Waals surface area contributed by atoms with Crippen LogP contribution in [0.5, 0.6) is 5.88 Å². The van der Waals surface area contributed by atoms with E-state index >= 15 is 0 Å². The van der Waals surface area contributed by atoms with Crippen LogP contribution in [0.3, 0.4) is 0 Å². The zero-order valence-electron chi connectivity index (χ0n) is 14.5. The first-order chi connectivity index (χ1) is 13.4. The van der Waals surface area contributed by atoms with E-state index in [4.69, 9.17) is 11.6 Å². The molecule has 0 radical (unpaired) electrons. The first-order valence-corrected chi connectivity index (χ1v) is 9.43. The predicted octanol–water partition coefficient (Wildman–Crippen LogP) is 4.21. The molecule has 4 rings (SSSR count). The third kappa shape index (κ3) is 3.02. The maximum Gasteiger partial charge on any atom is 0.335 e. The summed E-state index contributed by atoms with van der Waals surface area (Å²) in [4.78, 5) is 31.4. The number of aromatic amines is 1. The maximum atomic E-state index is 12.4. The summed E-state index contributed by atoms with van der Waals surface area (Å²) in [6, 6.07) is 10.6. The van der Waals surface area contributed by atoms with Crippen molar-refractivity contribution in [1.29, 1.82) is 0 Å². The average molecular weight is 459 g/mol. The van der Waals surface area contributed by atoms with Gasteiger partial charge in [0, 0.05) is 26.8 Å². The summed E-state index contributed by atoms with van der Waals surface area (Å²) in [5, 5.41) is 11.2. The molecule has 140 valence electrons. The Hall–Kier alpha value is -2.90. The number of aromatic hydroxyl groups is 1. The van der Waals surface area contributed by atoms with Gasteiger partial charge in [0.15, 0.2) is 0 Å². The summed E-state index contributed by atoms with van der Waals surface area (Å²) in [6.07, 6.45) is 3.11. The molecule has 6 nitrogen and oxygen atoms in total. The number of allylic oxidation sites excluding steroid dienone is 1. The van der Waals surface area contributed by atoms with Gasteiger partial charge in [-0.15, -0.1) is 0 Å². The first-order valence-electron chi connectivity index (χ1n) is 8.26. The molecule has 0 saturated heterocycles. The van der Waals surface area contributed by atoms with Crippen molar-refractivity contribution in [3.05, 3.63) is 83.4 Å². The number of halogens is 2. The van der Waals surface area contributed by atoms with Gasteiger partial charge in [-0.2, -0.15) is 0 Å². The highest BCUT2D eigenvalue weighted by molar-refractivity contribution is 9.10. The van der Waals surface area contributed by atoms with E-state index in [9.17, 15) is 14.7 Å². The number of benzene rings is 2. The lowest BCUT2D eigenvalue weighted by molar-refractivity contribution is 0.429. The van der Waals surface area contributed by atoms with Gasteiger partial charge < -0.3 is 5.11 Å². The number of nitrogens with one attached hydrogen (secondary N) is 1. The second-order valence-electron chi connectivity index (χ2n) is 6.24. The Bertz CT molecular complexity index is 1310. The molecule has 2 aromatic carbocycles. The van der Waals surface area contributed by atoms with E-state index in [-0.39, 0.29) is 5.56 Å². The second kappa shape index (κ2) is 6.92. The fourth-order valence-electron chi connectivity index (χ4n) is 3.06. The van der Waals surface area contributed by atoms with Gasteiger partial charge in [-0.25, -0.2) is 9.36 Å². The van der Waals surface area contributed by atoms with E-state index in [1.54, 1.807) is 31.3 Å². The normalized spacial score (nSPS) is 13.9. The quantitative estimate of drug-likeness (QED) is 0.603. The number of H-pyrrole nitrogens is 1. The summed E-state index contributed by atoms with van der Waals surface area (Å²) < 4.78 is 1.89. The molecule has 0 saturated carbocycles. The predicted molar refractivity (Wildman–Crippen MR) is 114 cm³/mol. The number of rotatable bonds is 2. The second-order valence-corrected chi connectivity index (χ2v) is 7.56. The Kier molecular flexibility index (Phi) is 4.56. The van der Waals surface area contributed by atoms with Gasteiger partial charge in [0.05, 0.1) is 11.4 Å². The maximum absolute atomic E-state index is 12.4. The Morgan fingerprint density at radius 3 is 2.82 bits per heavy atom. The molecule has 8 heteroatoms. The van der Waals surface area contributed by atoms with E-state index in [0.717, 1.165) is 20.3 Å². The van der Waals surface area contributed by atoms with Crippen molar-refractivity contribution in [3.8, 4) is 11.6 Å². The summed E-state index contributed by atoms with van der Waals surface area (Å²) in [5.74, 6) is -0.469. The highest BCUT2D eigenvalue weighted by Crippen LogP contribution is 2.35. The smallest absolute Gasteiger partial charge is 0.335 e. The molecule has 28 heavy (non-hydrogen) atoms. The molecule has 0 bridgehead atoms. The van der Waals surface area contributed by atoms with E-state index < -0.39 is 17.1 Å². The van der Waals surface area contributed by atoms with E-state index in [0.29, 0.717) is 21.8 Å². The number of aliphatic imine (C=N–C) groups is 1. The van der Waals surface area contributed by atoms with Crippen LogP contribution in [0.2, 0.25) is 5.02 Å². The SMILES string of the molecule is Cc1c(Cl)cccc1-n1c(O)c(C=C2C=Nc3ccc(Br)cc32)c(=O)[nH]c1=O. The number of hydrogen-bond acceptors (Lipinski definition) is 4. The van der Waals surface area contributed by atoms with Crippen LogP contribution in [0.15, 0.2) is 55.5 Å². The lowest BCUT2D eigenvalue weighted by Crippen LogP contribution is -2.30. The Balaban J connectivity index is 1.95. The summed E-state index contributed by atoms with van der Waals surface area (Å²) >= 11 is 9.56. The summed E-state index contributed by atoms with van der Waals surface area (Å²) in [6.45, 7) is 1.73. The third-order valence-corrected chi connectivity index (χ3v) is 5.42. The Labute approximate surface area is 172 Å². The van der Waals surface area contributed by atoms with Gasteiger partial charge >= 0.3 is 5.69 Å². The van der Waals surface area contributed by atoms with Crippen LogP contribution in [0.4, 0.5) is 5.69 Å². The molecular formula is C20H13BrClN3O3. The molecular weight excluding hydrogens is 446 g/mol. The highest BCUT2D eigenvalue weighted by atomic mass is 79.9. The number of aromatic nitrogens is 2. The number of nitrogens with zero attached hydrogens (tertiary/aromatic N) is 2. The largest absolute Gasteiger partial charge is 0.494 e. The van der Waals surface area contributed by atoms with Crippen LogP contribution in [0.25, 0.3) is 17.3 Å². The summed E-state index contributed by atoms with van der Waals surface area (Å²) in [7, 11) is 0. The van der Waals surface area contributed by atoms with Crippen molar-refractivity contribution in [3.63, 3.8) is 0 Å². The molecule has 2 N–H and O–H groups in total. The van der Waals surface area contributed by atoms with Crippen LogP contribution < -0.4 is 11.2 Å². The van der Waals surface area contributed by atoms with Crippen LogP contribution in [0.1, 0.15) is 16.7 Å². The number of hydrogen-bond donors (Lipinski definition) is 2. The molecule has 1 aliphatic rings. The lowest BCUT2D eigenvalue weighted by atomic mass is 10.1. The van der Waals surface area contributed by atoms with Crippen molar-refractivity contribution in [1.82, 2.24) is 9.55 Å². The molecule has 0 fully saturated rings. The van der Waals surface area contributed by atoms with Crippen LogP contribution >= 0.6 is 27.5 Å². The molecule has 0 aliphatic carbocycles. The third-order valence-electron chi connectivity index (χ3n) is 4.51. The minimum Gasteiger partial charge on any atom is -0.494 e. The topological polar surface area (TPSA) is 87.4 Å². The molecule has 3 aromatic rings. The average Bonchev–Trinajstić information content (AvgIpc) is 3.04. The van der Waals surface area contributed by atoms with Crippen molar-refractivity contribution >= 4 is 51.1 Å². The van der Waals surface area contributed by atoms with Gasteiger partial charge in [0.25, 0.3) is 5.56 Å². The minimum atomic E-state index is -0.752. The fraction of sp³-hybridized carbons (Fsp3) is 0.0500. The van der Waals surface area contributed by atoms with Crippen LogP contribution in [-0.4, -0.2) is 20.9 Å². The van der Waals surface area contributed by atoms with Crippen molar-refractivity contribution < 1.29 is 5.11 Å². The van der Waals surface area contributed by atoms with Gasteiger partial charge in [0.1, 0.15) is 5.56 Å². The van der Waals surface area contributed by atoms with Gasteiger partial charge in [-0.3, -0.25) is 14.8 Å². The van der Waals surface area contributed by atoms with Crippen LogP contribution in [0, 0.1) is 6.92 Å². The van der Waals surface area contributed by atoms with E-state index in [2.05, 4.69) is 25.9 Å². The minimum absolute atomic E-state index is 0.0479. The molecule has 0 atom stereocenters. The van der Waals surface area contributed by atoms with E-state index in [1.165, 1.54) is 6.08 Å². The molecule has 0 amide bonds. The standard InChI is InChI=1S/C20H13BrClN3O3/c1-10-15(22)3-2-4-17(10)25-19(27)14(18(26)24-20(25)28)7-11-9-23-16-6-5-12(21)8-13(11)16/h2-9,27H,1H3,(H,24,26,28). The monoisotopic (exact) mass is 457 g/mol. The molecule has 1 aliphatic heterocycles. The molecule has 1 aromatic heterocycles. The van der Waals surface area contributed by atoms with Crippen LogP contribution in [-0.2, 0) is 0 Å². The van der Waals surface area contributed by atoms with E-state index in [1.807, 2.05) is 18.2 Å². The van der Waals surface area contributed by atoms with Gasteiger partial charge in [-0.1, -0.05) is 33.6 Å². The van der Waals surface area contributed by atoms with Crippen molar-refractivity contribution in [2.75, 3.05) is 0 Å². The highest BCUT2D eigenvalue weighted by Gasteiger charge is 2.19. The molecule has 0 spiro atoms. The van der Waals surface area contributed by atoms with Crippen molar-refractivity contribution in [2.45, 2.75) is 6.92 Å². The zero-order chi connectivity index (χ0) is 20.0. The Morgan fingerprint density at radius 1 is 1.25 bits per heavy atom. The Morgan fingerprint density at radius 2 is 2.04 bits per heavy atom. The van der Waals surface area contributed by atoms with Gasteiger partial charge in [0.2, 0.25) is 5.88 Å². The number of fused-ring (bicyclic) bond motifs is 1.